The first-order chi connectivity index (χ1) is 13.4. The average Bonchev–Trinajstić information content (AvgIpc) is 3.22. The number of aromatic nitrogens is 5. The van der Waals surface area contributed by atoms with Crippen LogP contribution < -0.4 is 5.73 Å². The highest BCUT2D eigenvalue weighted by atomic mass is 35.5. The molecule has 3 heterocycles. The van der Waals surface area contributed by atoms with Crippen LogP contribution in [0.2, 0.25) is 10.0 Å². The number of carbonyl (C=O) groups is 1. The lowest BCUT2D eigenvalue weighted by Crippen LogP contribution is -2.05. The molecule has 9 nitrogen and oxygen atoms in total. The second-order valence-corrected chi connectivity index (χ2v) is 6.73. The fourth-order valence-corrected chi connectivity index (χ4v) is 3.57. The number of nitrogens with zero attached hydrogens (tertiary/aromatic N) is 5. The Morgan fingerprint density at radius 2 is 1.93 bits per heavy atom. The minimum absolute atomic E-state index is 0.0116. The number of hydrogen-bond donors (Lipinski definition) is 2. The molecule has 3 N–H and O–H groups in total. The summed E-state index contributed by atoms with van der Waals surface area (Å²) in [5.41, 5.74) is 7.75. The maximum Gasteiger partial charge on any atom is 0.339 e. The molecular formula is C17H12Cl2N6O3. The van der Waals surface area contributed by atoms with E-state index in [0.717, 1.165) is 0 Å². The van der Waals surface area contributed by atoms with E-state index in [0.29, 0.717) is 44.7 Å². The number of pyridine rings is 1. The lowest BCUT2D eigenvalue weighted by molar-refractivity contribution is 0.0698. The van der Waals surface area contributed by atoms with Crippen LogP contribution in [0.3, 0.4) is 0 Å². The Morgan fingerprint density at radius 1 is 1.21 bits per heavy atom. The third-order valence-electron chi connectivity index (χ3n) is 4.18. The molecule has 28 heavy (non-hydrogen) atoms. The van der Waals surface area contributed by atoms with Crippen molar-refractivity contribution >= 4 is 46.0 Å². The first kappa shape index (κ1) is 18.2. The van der Waals surface area contributed by atoms with Gasteiger partial charge >= 0.3 is 5.97 Å². The van der Waals surface area contributed by atoms with Gasteiger partial charge in [0.1, 0.15) is 11.1 Å². The van der Waals surface area contributed by atoms with Gasteiger partial charge < -0.3 is 15.4 Å². The molecule has 0 saturated heterocycles. The van der Waals surface area contributed by atoms with Gasteiger partial charge in [0.05, 0.1) is 11.2 Å². The van der Waals surface area contributed by atoms with Crippen molar-refractivity contribution in [3.05, 3.63) is 40.0 Å². The Hall–Kier alpha value is -3.17. The molecule has 142 valence electrons. The normalized spacial score (nSPS) is 11.2. The molecule has 0 bridgehead atoms. The number of anilines is 1. The zero-order valence-corrected chi connectivity index (χ0v) is 15.9. The molecular weight excluding hydrogens is 407 g/mol. The van der Waals surface area contributed by atoms with Crippen molar-refractivity contribution in [2.45, 2.75) is 13.5 Å². The number of hydrogen-bond acceptors (Lipinski definition) is 7. The van der Waals surface area contributed by atoms with Crippen molar-refractivity contribution in [3.8, 4) is 22.8 Å². The zero-order chi connectivity index (χ0) is 20.0. The number of aryl methyl sites for hydroxylation is 1. The quantitative estimate of drug-likeness (QED) is 0.511. The van der Waals surface area contributed by atoms with Crippen LogP contribution in [-0.2, 0) is 6.54 Å². The number of carboxylic acids is 1. The van der Waals surface area contributed by atoms with Crippen molar-refractivity contribution in [2.24, 2.45) is 0 Å². The minimum atomic E-state index is -1.14. The second kappa shape index (κ2) is 6.77. The van der Waals surface area contributed by atoms with Gasteiger partial charge in [-0.1, -0.05) is 23.2 Å². The van der Waals surface area contributed by atoms with Crippen LogP contribution in [-0.4, -0.2) is 35.9 Å². The highest BCUT2D eigenvalue weighted by Gasteiger charge is 2.25. The van der Waals surface area contributed by atoms with Gasteiger partial charge in [-0.3, -0.25) is 4.98 Å². The molecule has 0 amide bonds. The molecule has 0 atom stereocenters. The van der Waals surface area contributed by atoms with Crippen molar-refractivity contribution in [1.29, 1.82) is 0 Å². The number of imidazole rings is 1. The van der Waals surface area contributed by atoms with Crippen molar-refractivity contribution in [1.82, 2.24) is 24.8 Å². The molecule has 0 spiro atoms. The monoisotopic (exact) mass is 418 g/mol. The Morgan fingerprint density at radius 3 is 2.50 bits per heavy atom. The van der Waals surface area contributed by atoms with Gasteiger partial charge in [0.2, 0.25) is 0 Å². The number of rotatable bonds is 4. The third kappa shape index (κ3) is 2.85. The SMILES string of the molecule is CCn1c(-c2nonc2N)nc2c(-c3cc(Cl)cc(Cl)c3)ncc(C(=O)O)c21. The average molecular weight is 419 g/mol. The lowest BCUT2D eigenvalue weighted by atomic mass is 10.1. The van der Waals surface area contributed by atoms with Crippen LogP contribution in [0.15, 0.2) is 29.0 Å². The van der Waals surface area contributed by atoms with Gasteiger partial charge in [-0.25, -0.2) is 14.4 Å². The molecule has 0 unspecified atom stereocenters. The smallest absolute Gasteiger partial charge is 0.339 e. The molecule has 0 fully saturated rings. The summed E-state index contributed by atoms with van der Waals surface area (Å²) >= 11 is 12.2. The summed E-state index contributed by atoms with van der Waals surface area (Å²) in [7, 11) is 0. The van der Waals surface area contributed by atoms with Crippen molar-refractivity contribution in [3.63, 3.8) is 0 Å². The molecule has 0 aliphatic heterocycles. The number of fused-ring (bicyclic) bond motifs is 1. The van der Waals surface area contributed by atoms with E-state index >= 15 is 0 Å². The van der Waals surface area contributed by atoms with Gasteiger partial charge in [0.25, 0.3) is 0 Å². The molecule has 1 aromatic carbocycles. The zero-order valence-electron chi connectivity index (χ0n) is 14.3. The van der Waals surface area contributed by atoms with Gasteiger partial charge in [0, 0.05) is 28.4 Å². The summed E-state index contributed by atoms with van der Waals surface area (Å²) < 4.78 is 6.35. The van der Waals surface area contributed by atoms with Crippen LogP contribution in [0.25, 0.3) is 33.8 Å². The molecule has 0 radical (unpaired) electrons. The Balaban J connectivity index is 2.12. The number of halogens is 2. The van der Waals surface area contributed by atoms with Crippen LogP contribution >= 0.6 is 23.2 Å². The predicted octanol–water partition coefficient (Wildman–Crippen LogP) is 3.76. The minimum Gasteiger partial charge on any atom is -0.478 e. The maximum absolute atomic E-state index is 11.8. The molecule has 4 rings (SSSR count). The summed E-state index contributed by atoms with van der Waals surface area (Å²) in [5, 5.41) is 17.8. The third-order valence-corrected chi connectivity index (χ3v) is 4.61. The van der Waals surface area contributed by atoms with E-state index in [1.165, 1.54) is 6.20 Å². The molecule has 0 saturated carbocycles. The first-order valence-corrected chi connectivity index (χ1v) is 8.83. The number of nitrogens with two attached hydrogens (primary N) is 1. The fourth-order valence-electron chi connectivity index (χ4n) is 3.04. The van der Waals surface area contributed by atoms with E-state index in [2.05, 4.69) is 24.9 Å². The summed E-state index contributed by atoms with van der Waals surface area (Å²) in [6.45, 7) is 2.24. The van der Waals surface area contributed by atoms with Gasteiger partial charge in [-0.2, -0.15) is 0 Å². The van der Waals surface area contributed by atoms with Crippen molar-refractivity contribution < 1.29 is 14.5 Å². The number of carboxylic acid groups (broad SMARTS) is 1. The van der Waals surface area contributed by atoms with Gasteiger partial charge in [0.15, 0.2) is 17.3 Å². The molecule has 3 aromatic heterocycles. The van der Waals surface area contributed by atoms with E-state index in [4.69, 9.17) is 28.9 Å². The Labute approximate surface area is 167 Å². The summed E-state index contributed by atoms with van der Waals surface area (Å²) in [6.07, 6.45) is 1.27. The Kier molecular flexibility index (Phi) is 4.40. The number of benzene rings is 1. The summed E-state index contributed by atoms with van der Waals surface area (Å²) in [5.74, 6) is -0.774. The van der Waals surface area contributed by atoms with Crippen LogP contribution in [0.5, 0.6) is 0 Å². The maximum atomic E-state index is 11.8. The number of nitrogen functional groups attached to an aromatic ring is 1. The Bertz CT molecular complexity index is 1210. The molecule has 11 heteroatoms. The molecule has 4 aromatic rings. The van der Waals surface area contributed by atoms with Crippen molar-refractivity contribution in [2.75, 3.05) is 5.73 Å². The summed E-state index contributed by atoms with van der Waals surface area (Å²) in [4.78, 5) is 20.7. The number of aromatic carboxylic acids is 1. The summed E-state index contributed by atoms with van der Waals surface area (Å²) in [6, 6.07) is 4.94. The van der Waals surface area contributed by atoms with E-state index in [9.17, 15) is 9.90 Å². The second-order valence-electron chi connectivity index (χ2n) is 5.86. The van der Waals surface area contributed by atoms with E-state index in [-0.39, 0.29) is 17.1 Å². The van der Waals surface area contributed by atoms with E-state index < -0.39 is 5.97 Å². The first-order valence-electron chi connectivity index (χ1n) is 8.08. The molecule has 0 aliphatic carbocycles. The predicted molar refractivity (Wildman–Crippen MR) is 103 cm³/mol. The topological polar surface area (TPSA) is 133 Å². The largest absolute Gasteiger partial charge is 0.478 e. The lowest BCUT2D eigenvalue weighted by Gasteiger charge is -2.08. The van der Waals surface area contributed by atoms with Crippen LogP contribution in [0.1, 0.15) is 17.3 Å². The van der Waals surface area contributed by atoms with Gasteiger partial charge in [-0.05, 0) is 35.4 Å². The van der Waals surface area contributed by atoms with E-state index in [1.54, 1.807) is 22.8 Å². The highest BCUT2D eigenvalue weighted by molar-refractivity contribution is 6.35. The highest BCUT2D eigenvalue weighted by Crippen LogP contribution is 2.35. The fraction of sp³-hybridized carbons (Fsp3) is 0.118. The standard InChI is InChI=1S/C17H12Cl2N6O3/c1-2-25-14-10(17(26)27)6-21-11(7-3-8(18)5-9(19)4-7)12(14)22-16(25)13-15(20)24-28-23-13/h3-6H,2H2,1H3,(H2,20,24)(H,26,27). The van der Waals surface area contributed by atoms with Gasteiger partial charge in [-0.15, -0.1) is 0 Å². The van der Waals surface area contributed by atoms with E-state index in [1.807, 2.05) is 6.92 Å². The van der Waals surface area contributed by atoms with Crippen LogP contribution in [0, 0.1) is 0 Å². The van der Waals surface area contributed by atoms with Crippen LogP contribution in [0.4, 0.5) is 5.82 Å². The molecule has 0 aliphatic rings.